The van der Waals surface area contributed by atoms with E-state index in [1.807, 2.05) is 0 Å². The molecule has 2 heteroatoms. The summed E-state index contributed by atoms with van der Waals surface area (Å²) in [4.78, 5) is 8.82. The maximum atomic E-state index is 4.85. The van der Waals surface area contributed by atoms with E-state index in [0.717, 1.165) is 33.5 Å². The van der Waals surface area contributed by atoms with Gasteiger partial charge in [0.15, 0.2) is 0 Å². The van der Waals surface area contributed by atoms with Crippen molar-refractivity contribution >= 4 is 51.1 Å². The molecule has 0 aliphatic carbocycles. The van der Waals surface area contributed by atoms with Crippen LogP contribution in [0.1, 0.15) is 5.56 Å². The lowest BCUT2D eigenvalue weighted by molar-refractivity contribution is 1.43. The molecule has 0 saturated heterocycles. The van der Waals surface area contributed by atoms with E-state index < -0.39 is 0 Å². The van der Waals surface area contributed by atoms with Gasteiger partial charge < -0.3 is 0 Å². The van der Waals surface area contributed by atoms with Gasteiger partial charge in [-0.2, -0.15) is 0 Å². The standard InChI is InChI=1S/C45H32N2/c1-30-35-19-9-10-20-36(35)43(44(45(30)47-29-46-2)32-17-7-4-8-18-32)34-27-25-33(26-28-34)42-39-23-13-11-21-37(39)41(31-15-5-3-6-16-31)38-22-12-14-24-40(38)42/h3-29H,2H2,1H3. The summed E-state index contributed by atoms with van der Waals surface area (Å²) in [6.07, 6.45) is 1.55. The number of rotatable bonds is 6. The molecule has 0 aliphatic heterocycles. The van der Waals surface area contributed by atoms with Crippen molar-refractivity contribution in [2.45, 2.75) is 6.92 Å². The maximum absolute atomic E-state index is 4.85. The number of nitrogens with zero attached hydrogens (tertiary/aromatic N) is 2. The molecular weight excluding hydrogens is 569 g/mol. The lowest BCUT2D eigenvalue weighted by Crippen LogP contribution is -1.94. The number of aliphatic imine (C=N–C) groups is 2. The van der Waals surface area contributed by atoms with Gasteiger partial charge >= 0.3 is 0 Å². The highest BCUT2D eigenvalue weighted by Crippen LogP contribution is 2.48. The SMILES string of the molecule is C=NC=Nc1c(-c2ccccc2)c(-c2ccc(-c3c4ccccc4c(-c4ccccc4)c4ccccc34)cc2)c2ccccc2c1C. The first-order valence-electron chi connectivity index (χ1n) is 15.9. The summed E-state index contributed by atoms with van der Waals surface area (Å²) in [5.74, 6) is 0. The maximum Gasteiger partial charge on any atom is 0.115 e. The van der Waals surface area contributed by atoms with Gasteiger partial charge in [0.25, 0.3) is 0 Å². The molecule has 0 unspecified atom stereocenters. The fourth-order valence-electron chi connectivity index (χ4n) is 7.20. The van der Waals surface area contributed by atoms with E-state index in [-0.39, 0.29) is 0 Å². The zero-order valence-electron chi connectivity index (χ0n) is 26.2. The van der Waals surface area contributed by atoms with Gasteiger partial charge in [0.05, 0.1) is 5.69 Å². The first-order valence-corrected chi connectivity index (χ1v) is 15.9. The molecule has 0 amide bonds. The molecule has 8 rings (SSSR count). The van der Waals surface area contributed by atoms with Crippen LogP contribution in [0.3, 0.4) is 0 Å². The zero-order valence-corrected chi connectivity index (χ0v) is 26.2. The van der Waals surface area contributed by atoms with E-state index in [4.69, 9.17) is 4.99 Å². The number of hydrogen-bond acceptors (Lipinski definition) is 1. The molecule has 0 aromatic heterocycles. The predicted octanol–water partition coefficient (Wildman–Crippen LogP) is 12.5. The molecule has 0 saturated carbocycles. The second-order valence-corrected chi connectivity index (χ2v) is 11.8. The third-order valence-corrected chi connectivity index (χ3v) is 9.23. The molecule has 8 aromatic carbocycles. The molecule has 0 fully saturated rings. The number of benzene rings is 8. The van der Waals surface area contributed by atoms with Gasteiger partial charge in [0.1, 0.15) is 6.34 Å². The largest absolute Gasteiger partial charge is 0.253 e. The highest BCUT2D eigenvalue weighted by Gasteiger charge is 2.21. The predicted molar refractivity (Wildman–Crippen MR) is 203 cm³/mol. The van der Waals surface area contributed by atoms with Gasteiger partial charge in [-0.15, -0.1) is 0 Å². The van der Waals surface area contributed by atoms with Crippen molar-refractivity contribution in [1.29, 1.82) is 0 Å². The third-order valence-electron chi connectivity index (χ3n) is 9.23. The van der Waals surface area contributed by atoms with Gasteiger partial charge in [-0.3, -0.25) is 4.99 Å². The minimum Gasteiger partial charge on any atom is -0.253 e. The Morgan fingerprint density at radius 2 is 0.723 bits per heavy atom. The van der Waals surface area contributed by atoms with Crippen molar-refractivity contribution in [2.24, 2.45) is 9.98 Å². The Labute approximate surface area is 275 Å². The smallest absolute Gasteiger partial charge is 0.115 e. The highest BCUT2D eigenvalue weighted by atomic mass is 14.8. The monoisotopic (exact) mass is 600 g/mol. The molecule has 0 aliphatic rings. The Morgan fingerprint density at radius 1 is 0.383 bits per heavy atom. The molecule has 0 atom stereocenters. The van der Waals surface area contributed by atoms with Crippen molar-refractivity contribution < 1.29 is 0 Å². The minimum absolute atomic E-state index is 0.912. The highest BCUT2D eigenvalue weighted by molar-refractivity contribution is 6.21. The van der Waals surface area contributed by atoms with E-state index in [1.54, 1.807) is 6.34 Å². The first-order chi connectivity index (χ1) is 23.2. The van der Waals surface area contributed by atoms with Crippen LogP contribution in [-0.2, 0) is 0 Å². The van der Waals surface area contributed by atoms with Crippen molar-refractivity contribution in [1.82, 2.24) is 0 Å². The fraction of sp³-hybridized carbons (Fsp3) is 0.0222. The molecule has 0 spiro atoms. The van der Waals surface area contributed by atoms with E-state index in [1.165, 1.54) is 54.6 Å². The second-order valence-electron chi connectivity index (χ2n) is 11.8. The summed E-state index contributed by atoms with van der Waals surface area (Å²) < 4.78 is 0. The van der Waals surface area contributed by atoms with Crippen LogP contribution in [0.4, 0.5) is 5.69 Å². The normalized spacial score (nSPS) is 11.5. The summed E-state index contributed by atoms with van der Waals surface area (Å²) in [5, 5.41) is 7.38. The summed E-state index contributed by atoms with van der Waals surface area (Å²) in [7, 11) is 0. The van der Waals surface area contributed by atoms with Crippen molar-refractivity contribution in [2.75, 3.05) is 0 Å². The van der Waals surface area contributed by atoms with Crippen LogP contribution in [0.25, 0.3) is 76.8 Å². The van der Waals surface area contributed by atoms with E-state index in [2.05, 4.69) is 176 Å². The van der Waals surface area contributed by atoms with Crippen molar-refractivity contribution in [3.8, 4) is 44.5 Å². The Bertz CT molecular complexity index is 2400. The summed E-state index contributed by atoms with van der Waals surface area (Å²) in [5.41, 5.74) is 11.5. The van der Waals surface area contributed by atoms with Gasteiger partial charge in [0.2, 0.25) is 0 Å². The van der Waals surface area contributed by atoms with Gasteiger partial charge in [-0.05, 0) is 90.5 Å². The topological polar surface area (TPSA) is 24.7 Å². The van der Waals surface area contributed by atoms with E-state index in [0.29, 0.717) is 0 Å². The van der Waals surface area contributed by atoms with Gasteiger partial charge in [0, 0.05) is 5.56 Å². The molecule has 222 valence electrons. The molecular formula is C45H32N2. The lowest BCUT2D eigenvalue weighted by Gasteiger charge is -2.20. The minimum atomic E-state index is 0.912. The van der Waals surface area contributed by atoms with Crippen LogP contribution >= 0.6 is 0 Å². The van der Waals surface area contributed by atoms with E-state index >= 15 is 0 Å². The van der Waals surface area contributed by atoms with Crippen LogP contribution in [0.15, 0.2) is 168 Å². The summed E-state index contributed by atoms with van der Waals surface area (Å²) >= 11 is 0. The Balaban J connectivity index is 1.40. The average Bonchev–Trinajstić information content (AvgIpc) is 3.14. The quantitative estimate of drug-likeness (QED) is 0.103. The summed E-state index contributed by atoms with van der Waals surface area (Å²) in [6.45, 7) is 5.80. The van der Waals surface area contributed by atoms with E-state index in [9.17, 15) is 0 Å². The number of fused-ring (bicyclic) bond motifs is 3. The second kappa shape index (κ2) is 12.0. The van der Waals surface area contributed by atoms with Crippen LogP contribution in [0.2, 0.25) is 0 Å². The Kier molecular flexibility index (Phi) is 7.24. The van der Waals surface area contributed by atoms with Gasteiger partial charge in [-0.25, -0.2) is 4.99 Å². The molecule has 0 bridgehead atoms. The van der Waals surface area contributed by atoms with Crippen LogP contribution in [0, 0.1) is 6.92 Å². The molecule has 0 radical (unpaired) electrons. The van der Waals surface area contributed by atoms with Crippen LogP contribution in [-0.4, -0.2) is 13.1 Å². The van der Waals surface area contributed by atoms with Crippen LogP contribution in [0.5, 0.6) is 0 Å². The first kappa shape index (κ1) is 28.4. The number of hydrogen-bond donors (Lipinski definition) is 0. The number of aryl methyl sites for hydroxylation is 1. The third kappa shape index (κ3) is 4.83. The fourth-order valence-corrected chi connectivity index (χ4v) is 7.20. The zero-order chi connectivity index (χ0) is 31.7. The van der Waals surface area contributed by atoms with Crippen molar-refractivity contribution in [3.05, 3.63) is 163 Å². The van der Waals surface area contributed by atoms with Gasteiger partial charge in [-0.1, -0.05) is 158 Å². The average molecular weight is 601 g/mol. The summed E-state index contributed by atoms with van der Waals surface area (Å²) in [6, 6.07) is 56.6. The Hall–Kier alpha value is -6.12. The molecule has 0 N–H and O–H groups in total. The Morgan fingerprint density at radius 3 is 1.17 bits per heavy atom. The van der Waals surface area contributed by atoms with Crippen LogP contribution < -0.4 is 0 Å². The molecule has 2 nitrogen and oxygen atoms in total. The molecule has 47 heavy (non-hydrogen) atoms. The molecule has 0 heterocycles. The lowest BCUT2D eigenvalue weighted by atomic mass is 9.84. The molecule has 8 aromatic rings. The van der Waals surface area contributed by atoms with Crippen molar-refractivity contribution in [3.63, 3.8) is 0 Å².